The second-order valence-corrected chi connectivity index (χ2v) is 10.1. The lowest BCUT2D eigenvalue weighted by atomic mass is 9.94. The van der Waals surface area contributed by atoms with Crippen LogP contribution in [0.1, 0.15) is 58.9 Å². The number of amides is 2. The summed E-state index contributed by atoms with van der Waals surface area (Å²) in [5.41, 5.74) is 1.46. The molecule has 1 heterocycles. The van der Waals surface area contributed by atoms with Crippen LogP contribution in [0, 0.1) is 0 Å². The standard InChI is InChI=1S/C29H32N2O5S/c1-35-25-13-7-6-12-24(25)31(26(32)19-23-11-8-18-37-23)27(28(33)30-22-9-4-3-5-10-22)20-14-16-21(17-15-20)29(34)36-2/h6-8,11-18,22,27H,3-5,9-10,19H2,1-2H3,(H,30,33)/t27-/m1/s1. The highest BCUT2D eigenvalue weighted by molar-refractivity contribution is 7.10. The fraction of sp³-hybridized carbons (Fsp3) is 0.345. The lowest BCUT2D eigenvalue weighted by molar-refractivity contribution is -0.127. The van der Waals surface area contributed by atoms with E-state index in [4.69, 9.17) is 9.47 Å². The van der Waals surface area contributed by atoms with Gasteiger partial charge in [0.2, 0.25) is 11.8 Å². The van der Waals surface area contributed by atoms with Crippen LogP contribution in [-0.2, 0) is 20.7 Å². The second-order valence-electron chi connectivity index (χ2n) is 9.05. The van der Waals surface area contributed by atoms with Gasteiger partial charge in [-0.3, -0.25) is 14.5 Å². The molecule has 1 saturated carbocycles. The molecule has 0 aliphatic heterocycles. The number of hydrogen-bond donors (Lipinski definition) is 1. The van der Waals surface area contributed by atoms with Gasteiger partial charge in [-0.05, 0) is 54.1 Å². The summed E-state index contributed by atoms with van der Waals surface area (Å²) in [6, 6.07) is 16.8. The molecule has 7 nitrogen and oxygen atoms in total. The number of para-hydroxylation sites is 2. The van der Waals surface area contributed by atoms with E-state index >= 15 is 0 Å². The van der Waals surface area contributed by atoms with Crippen LogP contribution in [0.15, 0.2) is 66.0 Å². The highest BCUT2D eigenvalue weighted by atomic mass is 32.1. The fourth-order valence-electron chi connectivity index (χ4n) is 4.76. The van der Waals surface area contributed by atoms with Crippen molar-refractivity contribution in [3.63, 3.8) is 0 Å². The minimum atomic E-state index is -0.961. The molecule has 1 fully saturated rings. The van der Waals surface area contributed by atoms with Crippen LogP contribution in [0.3, 0.4) is 0 Å². The van der Waals surface area contributed by atoms with Crippen LogP contribution >= 0.6 is 11.3 Å². The molecule has 0 bridgehead atoms. The van der Waals surface area contributed by atoms with Crippen molar-refractivity contribution >= 4 is 34.8 Å². The molecular formula is C29H32N2O5S. The largest absolute Gasteiger partial charge is 0.495 e. The number of ether oxygens (including phenoxy) is 2. The van der Waals surface area contributed by atoms with E-state index < -0.39 is 12.0 Å². The zero-order chi connectivity index (χ0) is 26.2. The Labute approximate surface area is 221 Å². The molecular weight excluding hydrogens is 488 g/mol. The molecule has 194 valence electrons. The zero-order valence-corrected chi connectivity index (χ0v) is 22.0. The molecule has 8 heteroatoms. The molecule has 0 spiro atoms. The molecule has 1 aliphatic carbocycles. The van der Waals surface area contributed by atoms with Gasteiger partial charge < -0.3 is 14.8 Å². The molecule has 37 heavy (non-hydrogen) atoms. The van der Waals surface area contributed by atoms with Crippen LogP contribution in [-0.4, -0.2) is 38.0 Å². The number of anilines is 1. The van der Waals surface area contributed by atoms with E-state index in [9.17, 15) is 14.4 Å². The lowest BCUT2D eigenvalue weighted by Gasteiger charge is -2.34. The van der Waals surface area contributed by atoms with Crippen molar-refractivity contribution in [3.8, 4) is 5.75 Å². The van der Waals surface area contributed by atoms with Crippen LogP contribution < -0.4 is 15.0 Å². The van der Waals surface area contributed by atoms with E-state index in [1.165, 1.54) is 23.3 Å². The van der Waals surface area contributed by atoms with E-state index in [2.05, 4.69) is 5.32 Å². The topological polar surface area (TPSA) is 84.9 Å². The van der Waals surface area contributed by atoms with Crippen molar-refractivity contribution in [2.45, 2.75) is 50.6 Å². The summed E-state index contributed by atoms with van der Waals surface area (Å²) in [4.78, 5) is 42.4. The Bertz CT molecular complexity index is 1200. The SMILES string of the molecule is COC(=O)c1ccc([C@H](C(=O)NC2CCCCC2)N(C(=O)Cc2cccs2)c2ccccc2OC)cc1. The number of nitrogens with one attached hydrogen (secondary N) is 1. The summed E-state index contributed by atoms with van der Waals surface area (Å²) >= 11 is 1.50. The van der Waals surface area contributed by atoms with Gasteiger partial charge in [-0.15, -0.1) is 11.3 Å². The molecule has 0 saturated heterocycles. The maximum Gasteiger partial charge on any atom is 0.337 e. The summed E-state index contributed by atoms with van der Waals surface area (Å²) < 4.78 is 10.4. The van der Waals surface area contributed by atoms with Crippen molar-refractivity contribution in [2.75, 3.05) is 19.1 Å². The molecule has 2 aromatic carbocycles. The normalized spacial score (nSPS) is 14.4. The zero-order valence-electron chi connectivity index (χ0n) is 21.1. The number of nitrogens with zero attached hydrogens (tertiary/aromatic N) is 1. The number of carbonyl (C=O) groups is 3. The van der Waals surface area contributed by atoms with Gasteiger partial charge in [-0.25, -0.2) is 4.79 Å². The summed E-state index contributed by atoms with van der Waals surface area (Å²) in [7, 11) is 2.87. The Morgan fingerprint density at radius 2 is 1.70 bits per heavy atom. The van der Waals surface area contributed by atoms with Crippen molar-refractivity contribution in [2.24, 2.45) is 0 Å². The smallest absolute Gasteiger partial charge is 0.337 e. The Morgan fingerprint density at radius 3 is 2.35 bits per heavy atom. The van der Waals surface area contributed by atoms with Gasteiger partial charge in [0.05, 0.1) is 31.9 Å². The van der Waals surface area contributed by atoms with Crippen LogP contribution in [0.5, 0.6) is 5.75 Å². The molecule has 1 aliphatic rings. The molecule has 2 amide bonds. The molecule has 1 aromatic heterocycles. The number of hydrogen-bond acceptors (Lipinski definition) is 6. The van der Waals surface area contributed by atoms with Crippen molar-refractivity contribution in [1.29, 1.82) is 0 Å². The molecule has 1 atom stereocenters. The number of benzene rings is 2. The quantitative estimate of drug-likeness (QED) is 0.387. The van der Waals surface area contributed by atoms with Gasteiger partial charge in [-0.1, -0.05) is 49.6 Å². The highest BCUT2D eigenvalue weighted by Crippen LogP contribution is 2.36. The number of methoxy groups -OCH3 is 2. The second kappa shape index (κ2) is 12.5. The average Bonchev–Trinajstić information content (AvgIpc) is 3.44. The van der Waals surface area contributed by atoms with Crippen molar-refractivity contribution < 1.29 is 23.9 Å². The van der Waals surface area contributed by atoms with Crippen molar-refractivity contribution in [3.05, 3.63) is 82.0 Å². The van der Waals surface area contributed by atoms with Gasteiger partial charge in [0, 0.05) is 10.9 Å². The first kappa shape index (κ1) is 26.4. The summed E-state index contributed by atoms with van der Waals surface area (Å²) in [5.74, 6) is -0.468. The minimum absolute atomic E-state index is 0.0602. The Hall–Kier alpha value is -3.65. The van der Waals surface area contributed by atoms with E-state index in [1.54, 1.807) is 43.5 Å². The van der Waals surface area contributed by atoms with Gasteiger partial charge in [0.25, 0.3) is 0 Å². The monoisotopic (exact) mass is 520 g/mol. The average molecular weight is 521 g/mol. The number of rotatable bonds is 9. The maximum absolute atomic E-state index is 14.0. The summed E-state index contributed by atoms with van der Waals surface area (Å²) in [6.07, 6.45) is 5.27. The first-order valence-corrected chi connectivity index (χ1v) is 13.4. The van der Waals surface area contributed by atoms with Gasteiger partial charge in [0.1, 0.15) is 11.8 Å². The molecule has 0 radical (unpaired) electrons. The highest BCUT2D eigenvalue weighted by Gasteiger charge is 2.35. The first-order chi connectivity index (χ1) is 18.0. The number of carbonyl (C=O) groups excluding carboxylic acids is 3. The molecule has 0 unspecified atom stereocenters. The van der Waals surface area contributed by atoms with E-state index in [0.717, 1.165) is 37.0 Å². The molecule has 1 N–H and O–H groups in total. The third-order valence-corrected chi connectivity index (χ3v) is 7.50. The lowest BCUT2D eigenvalue weighted by Crippen LogP contribution is -2.47. The molecule has 3 aromatic rings. The molecule has 4 rings (SSSR count). The van der Waals surface area contributed by atoms with E-state index in [1.807, 2.05) is 29.6 Å². The first-order valence-electron chi connectivity index (χ1n) is 12.5. The fourth-order valence-corrected chi connectivity index (χ4v) is 5.45. The minimum Gasteiger partial charge on any atom is -0.495 e. The predicted octanol–water partition coefficient (Wildman–Crippen LogP) is 5.31. The van der Waals surface area contributed by atoms with Gasteiger partial charge in [0.15, 0.2) is 0 Å². The number of thiophene rings is 1. The Morgan fingerprint density at radius 1 is 0.973 bits per heavy atom. The summed E-state index contributed by atoms with van der Waals surface area (Å²) in [5, 5.41) is 5.13. The summed E-state index contributed by atoms with van der Waals surface area (Å²) in [6.45, 7) is 0. The van der Waals surface area contributed by atoms with Crippen LogP contribution in [0.2, 0.25) is 0 Å². The number of esters is 1. The van der Waals surface area contributed by atoms with Crippen LogP contribution in [0.25, 0.3) is 0 Å². The maximum atomic E-state index is 14.0. The van der Waals surface area contributed by atoms with Crippen LogP contribution in [0.4, 0.5) is 5.69 Å². The van der Waals surface area contributed by atoms with Crippen molar-refractivity contribution in [1.82, 2.24) is 5.32 Å². The van der Waals surface area contributed by atoms with Gasteiger partial charge in [-0.2, -0.15) is 0 Å². The van der Waals surface area contributed by atoms with E-state index in [0.29, 0.717) is 22.6 Å². The van der Waals surface area contributed by atoms with E-state index in [-0.39, 0.29) is 24.3 Å². The Kier molecular flexibility index (Phi) is 8.95. The predicted molar refractivity (Wildman–Crippen MR) is 144 cm³/mol. The third-order valence-electron chi connectivity index (χ3n) is 6.62. The van der Waals surface area contributed by atoms with Gasteiger partial charge >= 0.3 is 5.97 Å². The Balaban J connectivity index is 1.79. The third kappa shape index (κ3) is 6.38.